The van der Waals surface area contributed by atoms with Gasteiger partial charge in [-0.15, -0.1) is 0 Å². The lowest BCUT2D eigenvalue weighted by Gasteiger charge is -2.42. The van der Waals surface area contributed by atoms with Crippen LogP contribution >= 0.6 is 0 Å². The number of pyridine rings is 1. The van der Waals surface area contributed by atoms with Gasteiger partial charge in [-0.1, -0.05) is 30.3 Å². The summed E-state index contributed by atoms with van der Waals surface area (Å²) in [5.41, 5.74) is 2.05. The molecule has 4 rings (SSSR count). The van der Waals surface area contributed by atoms with Crippen LogP contribution in [0.25, 0.3) is 11.1 Å². The molecule has 0 saturated carbocycles. The second-order valence-corrected chi connectivity index (χ2v) is 8.40. The van der Waals surface area contributed by atoms with Gasteiger partial charge in [-0.2, -0.15) is 0 Å². The van der Waals surface area contributed by atoms with E-state index in [1.807, 2.05) is 56.4 Å². The van der Waals surface area contributed by atoms with E-state index in [9.17, 15) is 9.59 Å². The minimum Gasteiger partial charge on any atom is -0.361 e. The molecule has 0 aliphatic carbocycles. The molecule has 3 aromatic rings. The van der Waals surface area contributed by atoms with Gasteiger partial charge in [-0.05, 0) is 36.6 Å². The lowest BCUT2D eigenvalue weighted by molar-refractivity contribution is -0.157. The molecule has 1 atom stereocenters. The fraction of sp³-hybridized carbons (Fsp3) is 0.320. The van der Waals surface area contributed by atoms with Gasteiger partial charge in [0.25, 0.3) is 11.8 Å². The van der Waals surface area contributed by atoms with Crippen molar-refractivity contribution < 1.29 is 14.3 Å². The van der Waals surface area contributed by atoms with Gasteiger partial charge in [-0.25, -0.2) is 4.98 Å². The summed E-state index contributed by atoms with van der Waals surface area (Å²) in [6.45, 7) is 4.57. The van der Waals surface area contributed by atoms with Crippen molar-refractivity contribution in [3.05, 3.63) is 78.6 Å². The van der Waals surface area contributed by atoms with E-state index >= 15 is 0 Å². The van der Waals surface area contributed by atoms with Crippen LogP contribution in [-0.4, -0.2) is 63.0 Å². The molecule has 1 fully saturated rings. The minimum absolute atomic E-state index is 0.0583. The van der Waals surface area contributed by atoms with Gasteiger partial charge < -0.3 is 15.0 Å². The maximum Gasteiger partial charge on any atom is 0.274 e. The van der Waals surface area contributed by atoms with Gasteiger partial charge >= 0.3 is 0 Å². The zero-order valence-corrected chi connectivity index (χ0v) is 18.8. The van der Waals surface area contributed by atoms with Gasteiger partial charge in [0.15, 0.2) is 5.60 Å². The lowest BCUT2D eigenvalue weighted by Crippen LogP contribution is -2.62. The molecular weight excluding hydrogens is 418 g/mol. The quantitative estimate of drug-likeness (QED) is 0.626. The molecule has 3 heterocycles. The highest BCUT2D eigenvalue weighted by Gasteiger charge is 2.45. The van der Waals surface area contributed by atoms with Crippen LogP contribution in [0.2, 0.25) is 0 Å². The Balaban J connectivity index is 1.59. The van der Waals surface area contributed by atoms with Gasteiger partial charge in [0.2, 0.25) is 0 Å². The molecule has 1 N–H and O–H groups in total. The smallest absolute Gasteiger partial charge is 0.274 e. The van der Waals surface area contributed by atoms with E-state index < -0.39 is 5.60 Å². The largest absolute Gasteiger partial charge is 0.361 e. The first-order chi connectivity index (χ1) is 16.0. The highest BCUT2D eigenvalue weighted by molar-refractivity contribution is 5.93. The van der Waals surface area contributed by atoms with Crippen LogP contribution in [0.15, 0.2) is 67.4 Å². The number of benzene rings is 1. The number of aromatic nitrogens is 3. The maximum absolute atomic E-state index is 13.3. The van der Waals surface area contributed by atoms with Crippen molar-refractivity contribution in [1.82, 2.24) is 25.2 Å². The van der Waals surface area contributed by atoms with Gasteiger partial charge in [0, 0.05) is 43.8 Å². The fourth-order valence-electron chi connectivity index (χ4n) is 3.93. The third-order valence-electron chi connectivity index (χ3n) is 5.53. The monoisotopic (exact) mass is 445 g/mol. The van der Waals surface area contributed by atoms with Crippen LogP contribution in [0.4, 0.5) is 0 Å². The molecular formula is C25H27N5O3. The Kier molecular flexibility index (Phi) is 6.74. The molecule has 170 valence electrons. The Morgan fingerprint density at radius 1 is 1.06 bits per heavy atom. The Morgan fingerprint density at radius 2 is 1.85 bits per heavy atom. The summed E-state index contributed by atoms with van der Waals surface area (Å²) in [6, 6.07) is 11.8. The molecule has 1 aliphatic heterocycles. The van der Waals surface area contributed by atoms with Crippen molar-refractivity contribution in [2.24, 2.45) is 0 Å². The summed E-state index contributed by atoms with van der Waals surface area (Å²) >= 11 is 0. The number of nitrogens with one attached hydrogen (secondary N) is 1. The SMILES string of the molecule is CC(C)NC(=O)[C@]1(Cc2ccc(-c3cccnc3)cc2)CN(C(=O)c2cnccn2)CCO1. The number of hydrogen-bond acceptors (Lipinski definition) is 6. The number of ether oxygens (including phenoxy) is 1. The standard InChI is InChI=1S/C25H27N5O3/c1-18(2)29-24(32)25(14-19-5-7-20(8-6-19)21-4-3-9-26-15-21)17-30(12-13-33-25)23(31)22-16-27-10-11-28-22/h3-11,15-16,18H,12-14,17H2,1-2H3,(H,29,32)/t25-/m0/s1. The van der Waals surface area contributed by atoms with Crippen molar-refractivity contribution >= 4 is 11.8 Å². The molecule has 0 radical (unpaired) electrons. The summed E-state index contributed by atoms with van der Waals surface area (Å²) < 4.78 is 6.11. The average molecular weight is 446 g/mol. The predicted octanol–water partition coefficient (Wildman–Crippen LogP) is 2.52. The van der Waals surface area contributed by atoms with Crippen molar-refractivity contribution in [3.8, 4) is 11.1 Å². The third-order valence-corrected chi connectivity index (χ3v) is 5.53. The van der Waals surface area contributed by atoms with Crippen LogP contribution < -0.4 is 5.32 Å². The molecule has 1 aliphatic rings. The molecule has 0 unspecified atom stereocenters. The average Bonchev–Trinajstić information content (AvgIpc) is 2.85. The number of carbonyl (C=O) groups excluding carboxylic acids is 2. The Morgan fingerprint density at radius 3 is 2.52 bits per heavy atom. The van der Waals surface area contributed by atoms with E-state index in [0.717, 1.165) is 16.7 Å². The summed E-state index contributed by atoms with van der Waals surface area (Å²) in [7, 11) is 0. The summed E-state index contributed by atoms with van der Waals surface area (Å²) in [6.07, 6.45) is 8.33. The molecule has 2 amide bonds. The van der Waals surface area contributed by atoms with Crippen molar-refractivity contribution in [2.75, 3.05) is 19.7 Å². The molecule has 2 aromatic heterocycles. The molecule has 1 aromatic carbocycles. The fourth-order valence-corrected chi connectivity index (χ4v) is 3.93. The second kappa shape index (κ2) is 9.87. The van der Waals surface area contributed by atoms with Crippen LogP contribution in [0.5, 0.6) is 0 Å². The molecule has 0 spiro atoms. The van der Waals surface area contributed by atoms with Crippen LogP contribution in [0.1, 0.15) is 29.9 Å². The van der Waals surface area contributed by atoms with Gasteiger partial charge in [0.05, 0.1) is 19.3 Å². The molecule has 8 nitrogen and oxygen atoms in total. The number of amides is 2. The summed E-state index contributed by atoms with van der Waals surface area (Å²) in [5.74, 6) is -0.495. The normalized spacial score (nSPS) is 18.2. The Hall–Kier alpha value is -3.65. The van der Waals surface area contributed by atoms with E-state index in [0.29, 0.717) is 13.0 Å². The van der Waals surface area contributed by atoms with Crippen LogP contribution in [0.3, 0.4) is 0 Å². The van der Waals surface area contributed by atoms with Crippen molar-refractivity contribution in [3.63, 3.8) is 0 Å². The van der Waals surface area contributed by atoms with Gasteiger partial charge in [0.1, 0.15) is 5.69 Å². The molecule has 33 heavy (non-hydrogen) atoms. The predicted molar refractivity (Wildman–Crippen MR) is 123 cm³/mol. The number of rotatable bonds is 6. The first kappa shape index (κ1) is 22.5. The lowest BCUT2D eigenvalue weighted by atomic mass is 9.90. The van der Waals surface area contributed by atoms with E-state index in [1.54, 1.807) is 11.1 Å². The highest BCUT2D eigenvalue weighted by atomic mass is 16.5. The van der Waals surface area contributed by atoms with Crippen molar-refractivity contribution in [2.45, 2.75) is 31.9 Å². The van der Waals surface area contributed by atoms with E-state index in [-0.39, 0.29) is 36.7 Å². The van der Waals surface area contributed by atoms with Gasteiger partial charge in [-0.3, -0.25) is 19.6 Å². The van der Waals surface area contributed by atoms with Crippen molar-refractivity contribution in [1.29, 1.82) is 0 Å². The number of morpholine rings is 1. The van der Waals surface area contributed by atoms with Crippen LogP contribution in [-0.2, 0) is 16.0 Å². The van der Waals surface area contributed by atoms with E-state index in [1.165, 1.54) is 18.6 Å². The Bertz CT molecular complexity index is 1090. The van der Waals surface area contributed by atoms with E-state index in [4.69, 9.17) is 4.74 Å². The zero-order valence-electron chi connectivity index (χ0n) is 18.8. The van der Waals surface area contributed by atoms with Crippen LogP contribution in [0, 0.1) is 0 Å². The maximum atomic E-state index is 13.3. The number of carbonyl (C=O) groups is 2. The minimum atomic E-state index is -1.20. The van der Waals surface area contributed by atoms with E-state index in [2.05, 4.69) is 20.3 Å². The topological polar surface area (TPSA) is 97.3 Å². The summed E-state index contributed by atoms with van der Waals surface area (Å²) in [4.78, 5) is 40.2. The molecule has 8 heteroatoms. The number of nitrogens with zero attached hydrogens (tertiary/aromatic N) is 4. The first-order valence-electron chi connectivity index (χ1n) is 11.0. The number of hydrogen-bond donors (Lipinski definition) is 1. The first-order valence-corrected chi connectivity index (χ1v) is 11.0. The Labute approximate surface area is 193 Å². The molecule has 1 saturated heterocycles. The second-order valence-electron chi connectivity index (χ2n) is 8.40. The summed E-state index contributed by atoms with van der Waals surface area (Å²) in [5, 5.41) is 2.97. The third kappa shape index (κ3) is 5.23. The zero-order chi connectivity index (χ0) is 23.3. The molecule has 0 bridgehead atoms. The highest BCUT2D eigenvalue weighted by Crippen LogP contribution is 2.27.